The van der Waals surface area contributed by atoms with Crippen molar-refractivity contribution in [2.24, 2.45) is 0 Å². The fourth-order valence-corrected chi connectivity index (χ4v) is 3.49. The van der Waals surface area contributed by atoms with Crippen molar-refractivity contribution in [3.8, 4) is 28.6 Å². The minimum Gasteiger partial charge on any atom is -0.497 e. The molecule has 4 aromatic rings. The van der Waals surface area contributed by atoms with Crippen LogP contribution in [0.15, 0.2) is 48.5 Å². The number of nitrogens with one attached hydrogen (secondary N) is 1. The number of aromatic hydroxyl groups is 2. The van der Waals surface area contributed by atoms with Gasteiger partial charge in [0.2, 0.25) is 11.8 Å². The zero-order valence-corrected chi connectivity index (χ0v) is 16.9. The topological polar surface area (TPSA) is 79.5 Å². The first-order valence-electron chi connectivity index (χ1n) is 9.01. The summed E-state index contributed by atoms with van der Waals surface area (Å²) in [4.78, 5) is 4.60. The molecule has 0 radical (unpaired) electrons. The molecule has 2 aromatic heterocycles. The predicted molar refractivity (Wildman–Crippen MR) is 115 cm³/mol. The van der Waals surface area contributed by atoms with Crippen molar-refractivity contribution < 1.29 is 14.9 Å². The summed E-state index contributed by atoms with van der Waals surface area (Å²) in [5, 5.41) is 22.1. The number of ether oxygens (including phenoxy) is 1. The van der Waals surface area contributed by atoms with E-state index in [0.717, 1.165) is 22.3 Å². The van der Waals surface area contributed by atoms with Gasteiger partial charge in [-0.05, 0) is 49.2 Å². The van der Waals surface area contributed by atoms with E-state index in [1.54, 1.807) is 27.0 Å². The maximum atomic E-state index is 10.3. The molecule has 0 amide bonds. The molecule has 0 atom stereocenters. The van der Waals surface area contributed by atoms with Gasteiger partial charge in [0.1, 0.15) is 11.6 Å². The van der Waals surface area contributed by atoms with Crippen LogP contribution in [0.3, 0.4) is 0 Å². The Bertz CT molecular complexity index is 1190. The molecular weight excluding hydrogens is 390 g/mol. The van der Waals surface area contributed by atoms with Crippen LogP contribution in [0.4, 0.5) is 5.82 Å². The lowest BCUT2D eigenvalue weighted by Crippen LogP contribution is -2.09. The van der Waals surface area contributed by atoms with E-state index in [9.17, 15) is 10.2 Å². The van der Waals surface area contributed by atoms with Gasteiger partial charge in [-0.15, -0.1) is 0 Å². The summed E-state index contributed by atoms with van der Waals surface area (Å²) >= 11 is 6.42. The zero-order chi connectivity index (χ0) is 20.7. The number of rotatable bonds is 4. The van der Waals surface area contributed by atoms with E-state index in [1.807, 2.05) is 42.5 Å². The monoisotopic (exact) mass is 409 g/mol. The van der Waals surface area contributed by atoms with Crippen LogP contribution in [0.1, 0.15) is 11.1 Å². The van der Waals surface area contributed by atoms with Crippen molar-refractivity contribution in [2.75, 3.05) is 12.5 Å². The minimum atomic E-state index is -0.0768. The molecule has 0 fully saturated rings. The Balaban J connectivity index is 1.90. The molecule has 29 heavy (non-hydrogen) atoms. The second-order valence-corrected chi connectivity index (χ2v) is 7.17. The highest BCUT2D eigenvalue weighted by molar-refractivity contribution is 6.35. The summed E-state index contributed by atoms with van der Waals surface area (Å²) in [7, 11) is 1.62. The van der Waals surface area contributed by atoms with E-state index in [2.05, 4.69) is 10.4 Å². The third-order valence-corrected chi connectivity index (χ3v) is 5.38. The van der Waals surface area contributed by atoms with Crippen LogP contribution >= 0.6 is 11.6 Å². The van der Waals surface area contributed by atoms with Gasteiger partial charge in [-0.2, -0.15) is 4.68 Å². The Morgan fingerprint density at radius 2 is 1.66 bits per heavy atom. The number of fused-ring (bicyclic) bond motifs is 1. The quantitative estimate of drug-likeness (QED) is 0.428. The van der Waals surface area contributed by atoms with Gasteiger partial charge in [0.15, 0.2) is 0 Å². The first-order valence-corrected chi connectivity index (χ1v) is 9.39. The Labute approximate surface area is 172 Å². The number of halogens is 1. The van der Waals surface area contributed by atoms with E-state index >= 15 is 0 Å². The van der Waals surface area contributed by atoms with Crippen LogP contribution in [0.25, 0.3) is 22.0 Å². The van der Waals surface area contributed by atoms with Crippen LogP contribution in [0, 0.1) is 13.8 Å². The van der Waals surface area contributed by atoms with Gasteiger partial charge < -0.3 is 14.9 Å². The number of aromatic nitrogens is 2. The lowest BCUT2D eigenvalue weighted by molar-refractivity contribution is 0.390. The van der Waals surface area contributed by atoms with Crippen molar-refractivity contribution >= 4 is 28.3 Å². The summed E-state index contributed by atoms with van der Waals surface area (Å²) in [6.07, 6.45) is 0. The van der Waals surface area contributed by atoms with Crippen molar-refractivity contribution in [1.82, 2.24) is 9.66 Å². The third kappa shape index (κ3) is 3.21. The van der Waals surface area contributed by atoms with Gasteiger partial charge >= 0.3 is 0 Å². The second-order valence-electron chi connectivity index (χ2n) is 6.76. The maximum absolute atomic E-state index is 10.3. The van der Waals surface area contributed by atoms with E-state index in [4.69, 9.17) is 16.3 Å². The highest BCUT2D eigenvalue weighted by atomic mass is 35.5. The number of hydrogen-bond donors (Lipinski definition) is 3. The molecule has 0 aliphatic carbocycles. The van der Waals surface area contributed by atoms with E-state index in [0.29, 0.717) is 27.5 Å². The van der Waals surface area contributed by atoms with Gasteiger partial charge in [0.25, 0.3) is 0 Å². The van der Waals surface area contributed by atoms with Gasteiger partial charge in [0.05, 0.1) is 17.6 Å². The van der Waals surface area contributed by atoms with E-state index in [-0.39, 0.29) is 11.8 Å². The molecule has 0 spiro atoms. The normalized spacial score (nSPS) is 11.0. The van der Waals surface area contributed by atoms with Crippen molar-refractivity contribution in [1.29, 1.82) is 0 Å². The number of anilines is 1. The molecule has 0 unspecified atom stereocenters. The smallest absolute Gasteiger partial charge is 0.216 e. The highest BCUT2D eigenvalue weighted by Gasteiger charge is 2.18. The minimum absolute atomic E-state index is 0.0768. The summed E-state index contributed by atoms with van der Waals surface area (Å²) < 4.78 is 6.45. The Morgan fingerprint density at radius 1 is 1.00 bits per heavy atom. The Morgan fingerprint density at radius 3 is 2.28 bits per heavy atom. The number of hydrogen-bond acceptors (Lipinski definition) is 5. The van der Waals surface area contributed by atoms with E-state index < -0.39 is 0 Å². The van der Waals surface area contributed by atoms with Crippen LogP contribution in [0.2, 0.25) is 5.02 Å². The number of para-hydroxylation sites is 1. The van der Waals surface area contributed by atoms with Crippen LogP contribution in [-0.2, 0) is 0 Å². The molecule has 2 heterocycles. The first-order chi connectivity index (χ1) is 13.9. The van der Waals surface area contributed by atoms with Gasteiger partial charge in [-0.1, -0.05) is 35.9 Å². The molecule has 148 valence electrons. The largest absolute Gasteiger partial charge is 0.497 e. The molecule has 3 N–H and O–H groups in total. The molecule has 0 saturated carbocycles. The molecule has 6 nitrogen and oxygen atoms in total. The average Bonchev–Trinajstić information content (AvgIpc) is 2.92. The molecular formula is C22H20ClN3O3. The summed E-state index contributed by atoms with van der Waals surface area (Å²) in [6, 6.07) is 15.1. The van der Waals surface area contributed by atoms with Crippen LogP contribution in [0.5, 0.6) is 17.5 Å². The number of methoxy groups -OCH3 is 1. The highest BCUT2D eigenvalue weighted by Crippen LogP contribution is 2.36. The number of nitrogens with zero attached hydrogens (tertiary/aromatic N) is 2. The van der Waals surface area contributed by atoms with Gasteiger partial charge in [-0.3, -0.25) is 5.43 Å². The Hall–Kier alpha value is -3.38. The van der Waals surface area contributed by atoms with Crippen molar-refractivity contribution in [2.45, 2.75) is 13.8 Å². The second kappa shape index (κ2) is 7.22. The summed E-state index contributed by atoms with van der Waals surface area (Å²) in [5.41, 5.74) is 6.63. The molecule has 0 aliphatic rings. The van der Waals surface area contributed by atoms with Crippen molar-refractivity contribution in [3.63, 3.8) is 0 Å². The molecule has 0 aliphatic heterocycles. The van der Waals surface area contributed by atoms with Crippen molar-refractivity contribution in [3.05, 3.63) is 64.7 Å². The lowest BCUT2D eigenvalue weighted by atomic mass is 10.0. The molecule has 0 saturated heterocycles. The van der Waals surface area contributed by atoms with Gasteiger partial charge in [-0.25, -0.2) is 4.98 Å². The number of benzene rings is 2. The fraction of sp³-hybridized carbons (Fsp3) is 0.136. The molecule has 7 heteroatoms. The summed E-state index contributed by atoms with van der Waals surface area (Å²) in [5.74, 6) is 1.03. The third-order valence-electron chi connectivity index (χ3n) is 5.07. The maximum Gasteiger partial charge on any atom is 0.216 e. The van der Waals surface area contributed by atoms with Crippen LogP contribution in [-0.4, -0.2) is 27.0 Å². The van der Waals surface area contributed by atoms with Crippen LogP contribution < -0.4 is 10.2 Å². The summed E-state index contributed by atoms with van der Waals surface area (Å²) in [6.45, 7) is 3.46. The lowest BCUT2D eigenvalue weighted by Gasteiger charge is -2.14. The SMILES string of the molecule is COc1ccc(-c2cc(Nn3c(O)c(C)c(C)c3O)nc3c(Cl)cccc23)cc1. The fourth-order valence-electron chi connectivity index (χ4n) is 3.27. The Kier molecular flexibility index (Phi) is 4.72. The first kappa shape index (κ1) is 19.0. The molecule has 2 aromatic carbocycles. The molecule has 0 bridgehead atoms. The predicted octanol–water partition coefficient (Wildman–Crippen LogP) is 5.27. The average molecular weight is 410 g/mol. The zero-order valence-electron chi connectivity index (χ0n) is 16.2. The van der Waals surface area contributed by atoms with Gasteiger partial charge in [0, 0.05) is 16.5 Å². The van der Waals surface area contributed by atoms with E-state index in [1.165, 1.54) is 4.68 Å². The standard InChI is InChI=1S/C22H20ClN3O3/c1-12-13(2)22(28)26(21(12)27)25-19-11-17(14-7-9-15(29-3)10-8-14)16-5-4-6-18(23)20(16)24-19/h4-11,27-28H,1-3H3,(H,24,25). The number of pyridine rings is 1. The molecule has 4 rings (SSSR count).